The summed E-state index contributed by atoms with van der Waals surface area (Å²) in [4.78, 5) is 0. The Morgan fingerprint density at radius 2 is 2.00 bits per heavy atom. The molecule has 0 radical (unpaired) electrons. The summed E-state index contributed by atoms with van der Waals surface area (Å²) in [5.41, 5.74) is 3.75. The number of benzene rings is 2. The van der Waals surface area contributed by atoms with E-state index in [4.69, 9.17) is 4.74 Å². The second kappa shape index (κ2) is 7.51. The number of nitrogens with one attached hydrogen (secondary N) is 1. The van der Waals surface area contributed by atoms with Crippen LogP contribution in [0.3, 0.4) is 0 Å². The predicted molar refractivity (Wildman–Crippen MR) is 93.3 cm³/mol. The van der Waals surface area contributed by atoms with Gasteiger partial charge in [0.05, 0.1) is 12.8 Å². The Balaban J connectivity index is 1.95. The van der Waals surface area contributed by atoms with Crippen molar-refractivity contribution in [3.63, 3.8) is 0 Å². The van der Waals surface area contributed by atoms with Crippen molar-refractivity contribution in [3.05, 3.63) is 58.1 Å². The molecule has 0 heterocycles. The van der Waals surface area contributed by atoms with Gasteiger partial charge in [-0.25, -0.2) is 0 Å². The second-order valence-corrected chi connectivity index (χ2v) is 6.33. The van der Waals surface area contributed by atoms with Gasteiger partial charge in [0.2, 0.25) is 0 Å². The van der Waals surface area contributed by atoms with Gasteiger partial charge in [0.25, 0.3) is 0 Å². The minimum Gasteiger partial charge on any atom is -0.495 e. The van der Waals surface area contributed by atoms with Gasteiger partial charge in [-0.1, -0.05) is 45.8 Å². The number of methoxy groups -OCH3 is 1. The van der Waals surface area contributed by atoms with Crippen LogP contribution in [0.15, 0.2) is 46.9 Å². The molecular formula is C18H22BrNO. The first-order valence-electron chi connectivity index (χ1n) is 7.24. The SMILES string of the molecule is COc1ccc(Br)cc1NC(C)CCc1cccc(C)c1. The Morgan fingerprint density at radius 1 is 1.19 bits per heavy atom. The Morgan fingerprint density at radius 3 is 2.71 bits per heavy atom. The second-order valence-electron chi connectivity index (χ2n) is 5.42. The Bertz CT molecular complexity index is 598. The van der Waals surface area contributed by atoms with Crippen LogP contribution in [0.5, 0.6) is 5.75 Å². The third-order valence-electron chi connectivity index (χ3n) is 3.51. The smallest absolute Gasteiger partial charge is 0.142 e. The Hall–Kier alpha value is -1.48. The molecule has 1 N–H and O–H groups in total. The van der Waals surface area contributed by atoms with Gasteiger partial charge in [0.15, 0.2) is 0 Å². The van der Waals surface area contributed by atoms with Crippen molar-refractivity contribution in [2.45, 2.75) is 32.7 Å². The van der Waals surface area contributed by atoms with Crippen LogP contribution in [-0.2, 0) is 6.42 Å². The molecule has 0 aliphatic rings. The van der Waals surface area contributed by atoms with Crippen molar-refractivity contribution < 1.29 is 4.74 Å². The zero-order chi connectivity index (χ0) is 15.2. The lowest BCUT2D eigenvalue weighted by Crippen LogP contribution is -2.16. The molecule has 0 aliphatic heterocycles. The quantitative estimate of drug-likeness (QED) is 0.775. The van der Waals surface area contributed by atoms with Crippen LogP contribution in [0.4, 0.5) is 5.69 Å². The number of anilines is 1. The van der Waals surface area contributed by atoms with Crippen LogP contribution in [-0.4, -0.2) is 13.2 Å². The number of hydrogen-bond donors (Lipinski definition) is 1. The topological polar surface area (TPSA) is 21.3 Å². The molecule has 0 saturated carbocycles. The average molecular weight is 348 g/mol. The molecule has 0 amide bonds. The van der Waals surface area contributed by atoms with Crippen LogP contribution in [0, 0.1) is 6.92 Å². The average Bonchev–Trinajstić information content (AvgIpc) is 2.45. The summed E-state index contributed by atoms with van der Waals surface area (Å²) >= 11 is 3.50. The van der Waals surface area contributed by atoms with E-state index in [2.05, 4.69) is 65.4 Å². The van der Waals surface area contributed by atoms with Crippen LogP contribution in [0.2, 0.25) is 0 Å². The molecule has 1 atom stereocenters. The molecule has 0 aliphatic carbocycles. The van der Waals surface area contributed by atoms with Crippen molar-refractivity contribution in [3.8, 4) is 5.75 Å². The summed E-state index contributed by atoms with van der Waals surface area (Å²) in [5, 5.41) is 3.53. The van der Waals surface area contributed by atoms with Gasteiger partial charge in [-0.15, -0.1) is 0 Å². The third-order valence-corrected chi connectivity index (χ3v) is 4.01. The highest BCUT2D eigenvalue weighted by atomic mass is 79.9. The highest BCUT2D eigenvalue weighted by Crippen LogP contribution is 2.28. The molecule has 2 rings (SSSR count). The van der Waals surface area contributed by atoms with E-state index < -0.39 is 0 Å². The van der Waals surface area contributed by atoms with Gasteiger partial charge < -0.3 is 10.1 Å². The number of aryl methyl sites for hydroxylation is 2. The lowest BCUT2D eigenvalue weighted by Gasteiger charge is -2.18. The number of ether oxygens (including phenoxy) is 1. The van der Waals surface area contributed by atoms with Crippen LogP contribution < -0.4 is 10.1 Å². The summed E-state index contributed by atoms with van der Waals surface area (Å²) < 4.78 is 6.45. The van der Waals surface area contributed by atoms with Gasteiger partial charge in [-0.2, -0.15) is 0 Å². The summed E-state index contributed by atoms with van der Waals surface area (Å²) in [5.74, 6) is 0.876. The fourth-order valence-corrected chi connectivity index (χ4v) is 2.74. The molecule has 0 saturated heterocycles. The maximum absolute atomic E-state index is 5.40. The van der Waals surface area contributed by atoms with Gasteiger partial charge in [-0.05, 0) is 50.5 Å². The van der Waals surface area contributed by atoms with E-state index in [9.17, 15) is 0 Å². The fourth-order valence-electron chi connectivity index (χ4n) is 2.38. The standard InChI is InChI=1S/C18H22BrNO/c1-13-5-4-6-15(11-13)8-7-14(2)20-17-12-16(19)9-10-18(17)21-3/h4-6,9-12,14,20H,7-8H2,1-3H3. The minimum atomic E-state index is 0.383. The minimum absolute atomic E-state index is 0.383. The van der Waals surface area contributed by atoms with Gasteiger partial charge in [0, 0.05) is 10.5 Å². The highest BCUT2D eigenvalue weighted by molar-refractivity contribution is 9.10. The molecule has 0 fully saturated rings. The van der Waals surface area contributed by atoms with E-state index in [1.165, 1.54) is 11.1 Å². The largest absolute Gasteiger partial charge is 0.495 e. The summed E-state index contributed by atoms with van der Waals surface area (Å²) in [7, 11) is 1.70. The third kappa shape index (κ3) is 4.78. The van der Waals surface area contributed by atoms with E-state index in [-0.39, 0.29) is 0 Å². The highest BCUT2D eigenvalue weighted by Gasteiger charge is 2.08. The fraction of sp³-hybridized carbons (Fsp3) is 0.333. The lowest BCUT2D eigenvalue weighted by molar-refractivity contribution is 0.416. The van der Waals surface area contributed by atoms with Crippen LogP contribution >= 0.6 is 15.9 Å². The van der Waals surface area contributed by atoms with Gasteiger partial charge in [0.1, 0.15) is 5.75 Å². The molecule has 0 aromatic heterocycles. The van der Waals surface area contributed by atoms with E-state index in [1.54, 1.807) is 7.11 Å². The normalized spacial score (nSPS) is 12.0. The maximum atomic E-state index is 5.40. The Labute approximate surface area is 135 Å². The first-order valence-corrected chi connectivity index (χ1v) is 8.03. The van der Waals surface area contributed by atoms with Crippen molar-refractivity contribution in [2.75, 3.05) is 12.4 Å². The molecule has 3 heteroatoms. The van der Waals surface area contributed by atoms with Crippen molar-refractivity contribution in [2.24, 2.45) is 0 Å². The van der Waals surface area contributed by atoms with E-state index in [1.807, 2.05) is 12.1 Å². The van der Waals surface area contributed by atoms with E-state index >= 15 is 0 Å². The van der Waals surface area contributed by atoms with Gasteiger partial charge >= 0.3 is 0 Å². The molecule has 1 unspecified atom stereocenters. The molecule has 0 spiro atoms. The zero-order valence-electron chi connectivity index (χ0n) is 12.8. The van der Waals surface area contributed by atoms with E-state index in [0.717, 1.165) is 28.8 Å². The monoisotopic (exact) mass is 347 g/mol. The number of hydrogen-bond acceptors (Lipinski definition) is 2. The molecule has 112 valence electrons. The Kier molecular flexibility index (Phi) is 5.68. The first-order chi connectivity index (χ1) is 10.1. The van der Waals surface area contributed by atoms with Crippen molar-refractivity contribution >= 4 is 21.6 Å². The van der Waals surface area contributed by atoms with E-state index in [0.29, 0.717) is 6.04 Å². The van der Waals surface area contributed by atoms with Crippen molar-refractivity contribution in [1.29, 1.82) is 0 Å². The summed E-state index contributed by atoms with van der Waals surface area (Å²) in [6.07, 6.45) is 2.16. The maximum Gasteiger partial charge on any atom is 0.142 e. The summed E-state index contributed by atoms with van der Waals surface area (Å²) in [6, 6.07) is 15.1. The zero-order valence-corrected chi connectivity index (χ0v) is 14.4. The first kappa shape index (κ1) is 15.9. The molecular weight excluding hydrogens is 326 g/mol. The van der Waals surface area contributed by atoms with Crippen LogP contribution in [0.25, 0.3) is 0 Å². The predicted octanol–water partition coefficient (Wildman–Crippen LogP) is 5.20. The molecule has 2 aromatic carbocycles. The molecule has 2 nitrogen and oxygen atoms in total. The van der Waals surface area contributed by atoms with Gasteiger partial charge in [-0.3, -0.25) is 0 Å². The summed E-state index contributed by atoms with van der Waals surface area (Å²) in [6.45, 7) is 4.34. The molecule has 0 bridgehead atoms. The molecule has 21 heavy (non-hydrogen) atoms. The number of halogens is 1. The van der Waals surface area contributed by atoms with Crippen molar-refractivity contribution in [1.82, 2.24) is 0 Å². The van der Waals surface area contributed by atoms with Crippen LogP contribution in [0.1, 0.15) is 24.5 Å². The lowest BCUT2D eigenvalue weighted by atomic mass is 10.0. The molecule has 2 aromatic rings. The number of rotatable bonds is 6.